The highest BCUT2D eigenvalue weighted by atomic mass is 127. The molecular formula is C21H22INO10. The molecule has 1 aromatic heterocycles. The summed E-state index contributed by atoms with van der Waals surface area (Å²) in [5.41, 5.74) is 0.205. The van der Waals surface area contributed by atoms with Gasteiger partial charge in [-0.3, -0.25) is 14.4 Å². The monoisotopic (exact) mass is 575 g/mol. The summed E-state index contributed by atoms with van der Waals surface area (Å²) in [5.74, 6) is -2.07. The van der Waals surface area contributed by atoms with Crippen molar-refractivity contribution in [3.8, 4) is 0 Å². The molecule has 0 saturated carbocycles. The Morgan fingerprint density at radius 3 is 2.27 bits per heavy atom. The van der Waals surface area contributed by atoms with Gasteiger partial charge < -0.3 is 33.8 Å². The molecule has 1 aromatic carbocycles. The number of carbonyl (C=O) groups excluding carboxylic acids is 3. The van der Waals surface area contributed by atoms with Crippen molar-refractivity contribution in [1.29, 1.82) is 0 Å². The second kappa shape index (κ2) is 10.5. The molecule has 178 valence electrons. The standard InChI is InChI=1S/C21H22INO10/c1-9(25)29-18-16(8-24)33-21(31-11(3)27)17(19(18)30-10(2)26)23-13-5-4-12-6-14(22)20(28)32-15(12)7-13/h4-7,16-19,21,23-24H,8H2,1-3H3/t16?,17-,18+,19?,21+/m0/s1. The van der Waals surface area contributed by atoms with Crippen molar-refractivity contribution in [2.75, 3.05) is 11.9 Å². The quantitative estimate of drug-likeness (QED) is 0.222. The van der Waals surface area contributed by atoms with Gasteiger partial charge >= 0.3 is 23.5 Å². The van der Waals surface area contributed by atoms with E-state index < -0.39 is 60.8 Å². The molecule has 0 amide bonds. The van der Waals surface area contributed by atoms with Crippen LogP contribution < -0.4 is 10.9 Å². The molecule has 0 radical (unpaired) electrons. The van der Waals surface area contributed by atoms with Gasteiger partial charge in [0.15, 0.2) is 12.2 Å². The molecule has 12 heteroatoms. The zero-order chi connectivity index (χ0) is 24.3. The molecule has 33 heavy (non-hydrogen) atoms. The van der Waals surface area contributed by atoms with E-state index in [2.05, 4.69) is 5.32 Å². The molecule has 0 spiro atoms. The molecule has 1 fully saturated rings. The van der Waals surface area contributed by atoms with E-state index in [0.717, 1.165) is 6.92 Å². The minimum Gasteiger partial charge on any atom is -0.456 e. The largest absolute Gasteiger partial charge is 0.456 e. The molecular weight excluding hydrogens is 553 g/mol. The van der Waals surface area contributed by atoms with Gasteiger partial charge in [0.1, 0.15) is 17.7 Å². The number of benzene rings is 1. The predicted octanol–water partition coefficient (Wildman–Crippen LogP) is 1.32. The van der Waals surface area contributed by atoms with Crippen LogP contribution in [0.3, 0.4) is 0 Å². The van der Waals surface area contributed by atoms with Gasteiger partial charge in [0.2, 0.25) is 6.29 Å². The minimum atomic E-state index is -1.31. The Bertz CT molecular complexity index is 1120. The van der Waals surface area contributed by atoms with Gasteiger partial charge in [0.05, 0.1) is 10.2 Å². The third-order valence-electron chi connectivity index (χ3n) is 4.74. The lowest BCUT2D eigenvalue weighted by atomic mass is 9.95. The maximum Gasteiger partial charge on any atom is 0.349 e. The average molecular weight is 575 g/mol. The van der Waals surface area contributed by atoms with Crippen molar-refractivity contribution in [3.63, 3.8) is 0 Å². The molecule has 3 rings (SSSR count). The van der Waals surface area contributed by atoms with Gasteiger partial charge in [-0.1, -0.05) is 0 Å². The second-order valence-corrected chi connectivity index (χ2v) is 8.45. The van der Waals surface area contributed by atoms with Crippen molar-refractivity contribution in [2.24, 2.45) is 0 Å². The highest BCUT2D eigenvalue weighted by Crippen LogP contribution is 2.30. The number of esters is 3. The van der Waals surface area contributed by atoms with Crippen molar-refractivity contribution in [1.82, 2.24) is 0 Å². The number of ether oxygens (including phenoxy) is 4. The van der Waals surface area contributed by atoms with Crippen LogP contribution in [0.2, 0.25) is 0 Å². The maximum atomic E-state index is 11.9. The highest BCUT2D eigenvalue weighted by molar-refractivity contribution is 14.1. The Morgan fingerprint density at radius 2 is 1.67 bits per heavy atom. The van der Waals surface area contributed by atoms with E-state index in [9.17, 15) is 24.3 Å². The van der Waals surface area contributed by atoms with Gasteiger partial charge in [-0.05, 0) is 40.8 Å². The van der Waals surface area contributed by atoms with Crippen molar-refractivity contribution >= 4 is 57.2 Å². The number of fused-ring (bicyclic) bond motifs is 1. The Hall–Kier alpha value is -2.71. The van der Waals surface area contributed by atoms with Crippen LogP contribution >= 0.6 is 22.6 Å². The van der Waals surface area contributed by atoms with Gasteiger partial charge in [-0.2, -0.15) is 0 Å². The summed E-state index contributed by atoms with van der Waals surface area (Å²) in [7, 11) is 0. The Labute approximate surface area is 201 Å². The second-order valence-electron chi connectivity index (χ2n) is 7.29. The first-order chi connectivity index (χ1) is 15.6. The SMILES string of the molecule is CC(=O)OC1[C@H](OC(C)=O)C(CO)O[C@@H](OC(C)=O)[C@H]1Nc1ccc2cc(I)c(=O)oc2c1. The summed E-state index contributed by atoms with van der Waals surface area (Å²) in [5, 5.41) is 13.5. The Morgan fingerprint density at radius 1 is 1.03 bits per heavy atom. The molecule has 2 N–H and O–H groups in total. The van der Waals surface area contributed by atoms with Gasteiger partial charge in [-0.25, -0.2) is 4.79 Å². The number of hydrogen-bond acceptors (Lipinski definition) is 11. The summed E-state index contributed by atoms with van der Waals surface area (Å²) in [6.45, 7) is 2.89. The lowest BCUT2D eigenvalue weighted by Gasteiger charge is -2.44. The zero-order valence-electron chi connectivity index (χ0n) is 17.9. The predicted molar refractivity (Wildman–Crippen MR) is 121 cm³/mol. The topological polar surface area (TPSA) is 151 Å². The summed E-state index contributed by atoms with van der Waals surface area (Å²) in [6, 6.07) is 5.54. The van der Waals surface area contributed by atoms with E-state index in [1.165, 1.54) is 13.8 Å². The average Bonchev–Trinajstić information content (AvgIpc) is 2.72. The van der Waals surface area contributed by atoms with E-state index in [1.54, 1.807) is 24.3 Å². The van der Waals surface area contributed by atoms with E-state index in [0.29, 0.717) is 20.2 Å². The van der Waals surface area contributed by atoms with Crippen LogP contribution in [0.25, 0.3) is 11.0 Å². The fourth-order valence-electron chi connectivity index (χ4n) is 3.50. The normalized spacial score (nSPS) is 24.7. The third-order valence-corrected chi connectivity index (χ3v) is 5.49. The van der Waals surface area contributed by atoms with Gasteiger partial charge in [0, 0.05) is 37.9 Å². The Kier molecular flexibility index (Phi) is 7.92. The molecule has 5 atom stereocenters. The first-order valence-corrected chi connectivity index (χ1v) is 10.9. The smallest absolute Gasteiger partial charge is 0.349 e. The summed E-state index contributed by atoms with van der Waals surface area (Å²) in [6.07, 6.45) is -4.82. The number of aliphatic hydroxyl groups excluding tert-OH is 1. The van der Waals surface area contributed by atoms with Crippen LogP contribution in [0.4, 0.5) is 5.69 Å². The summed E-state index contributed by atoms with van der Waals surface area (Å²) < 4.78 is 27.4. The maximum absolute atomic E-state index is 11.9. The summed E-state index contributed by atoms with van der Waals surface area (Å²) >= 11 is 1.87. The van der Waals surface area contributed by atoms with E-state index in [-0.39, 0.29) is 0 Å². The molecule has 1 aliphatic heterocycles. The number of aliphatic hydroxyl groups is 1. The molecule has 0 bridgehead atoms. The first kappa shape index (κ1) is 24.9. The number of rotatable bonds is 6. The van der Waals surface area contributed by atoms with Crippen LogP contribution in [0.5, 0.6) is 0 Å². The summed E-state index contributed by atoms with van der Waals surface area (Å²) in [4.78, 5) is 47.1. The van der Waals surface area contributed by atoms with Crippen molar-refractivity contribution < 1.29 is 42.9 Å². The fourth-order valence-corrected chi connectivity index (χ4v) is 3.95. The lowest BCUT2D eigenvalue weighted by molar-refractivity contribution is -0.263. The van der Waals surface area contributed by atoms with Crippen molar-refractivity contribution in [3.05, 3.63) is 38.3 Å². The van der Waals surface area contributed by atoms with Crippen LogP contribution in [0, 0.1) is 3.57 Å². The number of carbonyl (C=O) groups is 3. The van der Waals surface area contributed by atoms with Crippen LogP contribution in [-0.4, -0.2) is 60.3 Å². The third kappa shape index (κ3) is 6.00. The molecule has 11 nitrogen and oxygen atoms in total. The zero-order valence-corrected chi connectivity index (χ0v) is 20.1. The van der Waals surface area contributed by atoms with E-state index >= 15 is 0 Å². The minimum absolute atomic E-state index is 0.292. The van der Waals surface area contributed by atoms with E-state index in [4.69, 9.17) is 23.4 Å². The molecule has 1 aliphatic rings. The Balaban J connectivity index is 2.03. The highest BCUT2D eigenvalue weighted by Gasteiger charge is 2.51. The molecule has 1 saturated heterocycles. The molecule has 0 aliphatic carbocycles. The number of nitrogens with one attached hydrogen (secondary N) is 1. The molecule has 2 unspecified atom stereocenters. The van der Waals surface area contributed by atoms with Crippen LogP contribution in [-0.2, 0) is 33.3 Å². The number of hydrogen-bond donors (Lipinski definition) is 2. The number of halogens is 1. The van der Waals surface area contributed by atoms with Gasteiger partial charge in [0.25, 0.3) is 0 Å². The van der Waals surface area contributed by atoms with Crippen LogP contribution in [0.1, 0.15) is 20.8 Å². The molecule has 2 aromatic rings. The first-order valence-electron chi connectivity index (χ1n) is 9.87. The lowest BCUT2D eigenvalue weighted by Crippen LogP contribution is -2.64. The van der Waals surface area contributed by atoms with Crippen LogP contribution in [0.15, 0.2) is 33.5 Å². The van der Waals surface area contributed by atoms with Crippen molar-refractivity contribution in [2.45, 2.75) is 51.4 Å². The van der Waals surface area contributed by atoms with Gasteiger partial charge in [-0.15, -0.1) is 0 Å². The van der Waals surface area contributed by atoms with E-state index in [1.807, 2.05) is 22.6 Å². The molecule has 2 heterocycles. The number of anilines is 1. The fraction of sp³-hybridized carbons (Fsp3) is 0.429.